The van der Waals surface area contributed by atoms with E-state index in [1.165, 1.54) is 12.0 Å². The van der Waals surface area contributed by atoms with Crippen LogP contribution in [0.25, 0.3) is 0 Å². The van der Waals surface area contributed by atoms with Gasteiger partial charge in [-0.2, -0.15) is 0 Å². The molecule has 1 aliphatic heterocycles. The van der Waals surface area contributed by atoms with Crippen molar-refractivity contribution in [3.8, 4) is 5.75 Å². The molecule has 122 valence electrons. The summed E-state index contributed by atoms with van der Waals surface area (Å²) >= 11 is 0. The Morgan fingerprint density at radius 1 is 1.41 bits per heavy atom. The van der Waals surface area contributed by atoms with Crippen molar-refractivity contribution >= 4 is 5.91 Å². The molecule has 0 saturated carbocycles. The number of benzene rings is 1. The van der Waals surface area contributed by atoms with Gasteiger partial charge in [-0.1, -0.05) is 18.2 Å². The molecule has 0 N–H and O–H groups in total. The Balaban J connectivity index is 2.00. The summed E-state index contributed by atoms with van der Waals surface area (Å²) in [7, 11) is 3.60. The molecule has 1 aliphatic rings. The predicted octanol–water partition coefficient (Wildman–Crippen LogP) is 2.57. The van der Waals surface area contributed by atoms with E-state index in [1.807, 2.05) is 37.9 Å². The molecule has 4 nitrogen and oxygen atoms in total. The highest BCUT2D eigenvalue weighted by Gasteiger charge is 2.28. The average Bonchev–Trinajstić information content (AvgIpc) is 2.93. The summed E-state index contributed by atoms with van der Waals surface area (Å²) in [6.07, 6.45) is 3.26. The first-order valence-corrected chi connectivity index (χ1v) is 8.14. The van der Waals surface area contributed by atoms with Crippen molar-refractivity contribution in [3.05, 3.63) is 29.8 Å². The second kappa shape index (κ2) is 7.63. The molecule has 2 rings (SSSR count). The summed E-state index contributed by atoms with van der Waals surface area (Å²) in [5.41, 5.74) is 1.23. The van der Waals surface area contributed by atoms with E-state index in [9.17, 15) is 4.79 Å². The third kappa shape index (κ3) is 4.01. The lowest BCUT2D eigenvalue weighted by atomic mass is 10.0. The summed E-state index contributed by atoms with van der Waals surface area (Å²) in [5, 5.41) is 0. The minimum atomic E-state index is 0.210. The molecule has 0 aliphatic carbocycles. The number of methoxy groups -OCH3 is 1. The maximum Gasteiger partial charge on any atom is 0.236 e. The minimum absolute atomic E-state index is 0.210. The number of para-hydroxylation sites is 1. The van der Waals surface area contributed by atoms with Crippen LogP contribution < -0.4 is 4.74 Å². The lowest BCUT2D eigenvalue weighted by Gasteiger charge is -2.28. The van der Waals surface area contributed by atoms with E-state index in [4.69, 9.17) is 4.74 Å². The number of hydrogen-bond acceptors (Lipinski definition) is 3. The molecule has 1 aromatic carbocycles. The number of ether oxygens (including phenoxy) is 1. The van der Waals surface area contributed by atoms with Crippen LogP contribution in [0.5, 0.6) is 5.75 Å². The molecule has 1 aromatic rings. The van der Waals surface area contributed by atoms with Crippen molar-refractivity contribution in [1.29, 1.82) is 0 Å². The lowest BCUT2D eigenvalue weighted by molar-refractivity contribution is -0.132. The van der Waals surface area contributed by atoms with Crippen molar-refractivity contribution in [1.82, 2.24) is 9.80 Å². The highest BCUT2D eigenvalue weighted by atomic mass is 16.5. The van der Waals surface area contributed by atoms with Crippen LogP contribution in [-0.4, -0.2) is 55.0 Å². The van der Waals surface area contributed by atoms with Crippen LogP contribution in [0, 0.1) is 0 Å². The van der Waals surface area contributed by atoms with Crippen LogP contribution in [0.2, 0.25) is 0 Å². The maximum atomic E-state index is 12.3. The SMILES string of the molecule is COc1ccccc1CC1CCCN1CC(=O)N(C)C(C)C. The monoisotopic (exact) mass is 304 g/mol. The van der Waals surface area contributed by atoms with Gasteiger partial charge in [-0.3, -0.25) is 9.69 Å². The standard InChI is InChI=1S/C18H28N2O2/c1-14(2)19(3)18(21)13-20-11-7-9-16(20)12-15-8-5-6-10-17(15)22-4/h5-6,8,10,14,16H,7,9,11-13H2,1-4H3. The van der Waals surface area contributed by atoms with Gasteiger partial charge in [-0.25, -0.2) is 0 Å². The van der Waals surface area contributed by atoms with Crippen LogP contribution in [0.3, 0.4) is 0 Å². The molecular weight excluding hydrogens is 276 g/mol. The molecule has 0 bridgehead atoms. The van der Waals surface area contributed by atoms with Gasteiger partial charge in [0.05, 0.1) is 13.7 Å². The molecule has 0 aromatic heterocycles. The van der Waals surface area contributed by atoms with Crippen molar-refractivity contribution in [2.24, 2.45) is 0 Å². The number of amides is 1. The average molecular weight is 304 g/mol. The number of rotatable bonds is 6. The quantitative estimate of drug-likeness (QED) is 0.810. The fraction of sp³-hybridized carbons (Fsp3) is 0.611. The van der Waals surface area contributed by atoms with Crippen molar-refractivity contribution in [2.45, 2.75) is 45.2 Å². The number of hydrogen-bond donors (Lipinski definition) is 0. The Labute approximate surface area is 134 Å². The highest BCUT2D eigenvalue weighted by Crippen LogP contribution is 2.25. The summed E-state index contributed by atoms with van der Waals surface area (Å²) in [5.74, 6) is 1.15. The van der Waals surface area contributed by atoms with Crippen LogP contribution in [0.15, 0.2) is 24.3 Å². The molecule has 4 heteroatoms. The fourth-order valence-corrected chi connectivity index (χ4v) is 3.03. The maximum absolute atomic E-state index is 12.3. The van der Waals surface area contributed by atoms with Crippen LogP contribution >= 0.6 is 0 Å². The summed E-state index contributed by atoms with van der Waals surface area (Å²) < 4.78 is 5.45. The van der Waals surface area contributed by atoms with E-state index in [2.05, 4.69) is 17.0 Å². The largest absolute Gasteiger partial charge is 0.496 e. The Hall–Kier alpha value is -1.55. The Bertz CT molecular complexity index is 502. The Morgan fingerprint density at radius 2 is 2.14 bits per heavy atom. The number of carbonyl (C=O) groups is 1. The third-order valence-electron chi connectivity index (χ3n) is 4.65. The van der Waals surface area contributed by atoms with E-state index in [0.29, 0.717) is 12.6 Å². The molecule has 1 fully saturated rings. The van der Waals surface area contributed by atoms with Crippen LogP contribution in [-0.2, 0) is 11.2 Å². The van der Waals surface area contributed by atoms with Crippen molar-refractivity contribution in [3.63, 3.8) is 0 Å². The molecular formula is C18H28N2O2. The van der Waals surface area contributed by atoms with Gasteiger partial charge in [0.25, 0.3) is 0 Å². The summed E-state index contributed by atoms with van der Waals surface area (Å²) in [4.78, 5) is 16.5. The van der Waals surface area contributed by atoms with E-state index >= 15 is 0 Å². The smallest absolute Gasteiger partial charge is 0.236 e. The number of likely N-dealkylation sites (tertiary alicyclic amines) is 1. The van der Waals surface area contributed by atoms with Gasteiger partial charge >= 0.3 is 0 Å². The van der Waals surface area contributed by atoms with Gasteiger partial charge in [0.2, 0.25) is 5.91 Å². The molecule has 0 radical (unpaired) electrons. The first-order valence-electron chi connectivity index (χ1n) is 8.14. The normalized spacial score (nSPS) is 18.7. The first-order chi connectivity index (χ1) is 10.5. The third-order valence-corrected chi connectivity index (χ3v) is 4.65. The highest BCUT2D eigenvalue weighted by molar-refractivity contribution is 5.78. The minimum Gasteiger partial charge on any atom is -0.496 e. The van der Waals surface area contributed by atoms with Gasteiger partial charge in [-0.05, 0) is 51.3 Å². The molecule has 1 unspecified atom stereocenters. The molecule has 1 atom stereocenters. The number of nitrogens with zero attached hydrogens (tertiary/aromatic N) is 2. The van der Waals surface area contributed by atoms with E-state index < -0.39 is 0 Å². The second-order valence-corrected chi connectivity index (χ2v) is 6.38. The Morgan fingerprint density at radius 3 is 2.82 bits per heavy atom. The number of likely N-dealkylation sites (N-methyl/N-ethyl adjacent to an activating group) is 1. The summed E-state index contributed by atoms with van der Waals surface area (Å²) in [6.45, 7) is 5.63. The zero-order valence-electron chi connectivity index (χ0n) is 14.2. The topological polar surface area (TPSA) is 32.8 Å². The molecule has 1 amide bonds. The van der Waals surface area contributed by atoms with Crippen molar-refractivity contribution in [2.75, 3.05) is 27.2 Å². The van der Waals surface area contributed by atoms with E-state index in [1.54, 1.807) is 7.11 Å². The fourth-order valence-electron chi connectivity index (χ4n) is 3.03. The Kier molecular flexibility index (Phi) is 5.83. The lowest BCUT2D eigenvalue weighted by Crippen LogP contribution is -2.43. The zero-order chi connectivity index (χ0) is 16.1. The molecule has 1 heterocycles. The van der Waals surface area contributed by atoms with Gasteiger partial charge in [0, 0.05) is 19.1 Å². The van der Waals surface area contributed by atoms with Crippen molar-refractivity contribution < 1.29 is 9.53 Å². The van der Waals surface area contributed by atoms with E-state index in [0.717, 1.165) is 25.1 Å². The van der Waals surface area contributed by atoms with Gasteiger partial charge < -0.3 is 9.64 Å². The predicted molar refractivity (Wildman–Crippen MR) is 89.2 cm³/mol. The first kappa shape index (κ1) is 16.8. The van der Waals surface area contributed by atoms with Gasteiger partial charge in [0.1, 0.15) is 5.75 Å². The van der Waals surface area contributed by atoms with Crippen LogP contribution in [0.1, 0.15) is 32.3 Å². The zero-order valence-corrected chi connectivity index (χ0v) is 14.2. The van der Waals surface area contributed by atoms with Crippen LogP contribution in [0.4, 0.5) is 0 Å². The van der Waals surface area contributed by atoms with Gasteiger partial charge in [-0.15, -0.1) is 0 Å². The molecule has 22 heavy (non-hydrogen) atoms. The van der Waals surface area contributed by atoms with E-state index in [-0.39, 0.29) is 11.9 Å². The summed E-state index contributed by atoms with van der Waals surface area (Å²) in [6, 6.07) is 8.86. The molecule has 1 saturated heterocycles. The second-order valence-electron chi connectivity index (χ2n) is 6.38. The molecule has 0 spiro atoms. The van der Waals surface area contributed by atoms with Gasteiger partial charge in [0.15, 0.2) is 0 Å². The number of carbonyl (C=O) groups excluding carboxylic acids is 1.